The molecule has 2 N–H and O–H groups in total. The van der Waals surface area contributed by atoms with Crippen LogP contribution in [0.1, 0.15) is 94.1 Å². The molecule has 0 aliphatic carbocycles. The van der Waals surface area contributed by atoms with Gasteiger partial charge in [0.15, 0.2) is 0 Å². The number of aromatic nitrogens is 1. The second-order valence-corrected chi connectivity index (χ2v) is 16.8. The zero-order valence-corrected chi connectivity index (χ0v) is 34.9. The molecule has 5 aromatic carbocycles. The number of likely N-dealkylation sites (N-methyl/N-ethyl adjacent to an activating group) is 1. The second-order valence-electron chi connectivity index (χ2n) is 15.7. The summed E-state index contributed by atoms with van der Waals surface area (Å²) in [5, 5.41) is 1.35. The highest BCUT2D eigenvalue weighted by atomic mass is 31.1. The van der Waals surface area contributed by atoms with E-state index in [1.807, 2.05) is 18.2 Å². The molecule has 0 bridgehead atoms. The molecule has 57 heavy (non-hydrogen) atoms. The molecule has 7 nitrogen and oxygen atoms in total. The third-order valence-corrected chi connectivity index (χ3v) is 12.2. The Labute approximate surface area is 342 Å². The molecule has 6 aromatic rings. The van der Waals surface area contributed by atoms with E-state index in [-0.39, 0.29) is 13.5 Å². The normalized spacial score (nSPS) is 15.2. The Morgan fingerprint density at radius 3 is 1.51 bits per heavy atom. The average molecular weight is 782 g/mol. The molecule has 0 saturated heterocycles. The van der Waals surface area contributed by atoms with Crippen LogP contribution in [0.3, 0.4) is 0 Å². The number of anilines is 3. The molecule has 4 atom stereocenters. The largest absolute Gasteiger partial charge is 0.328 e. The number of para-hydroxylation sites is 2. The number of fused-ring (bicyclic) bond motifs is 4. The Morgan fingerprint density at radius 2 is 1.00 bits per heavy atom. The van der Waals surface area contributed by atoms with Crippen LogP contribution in [-0.2, 0) is 11.8 Å². The number of carbonyl (C=O) groups is 2. The molecule has 1 unspecified atom stereocenters. The van der Waals surface area contributed by atoms with Crippen LogP contribution in [0.2, 0.25) is 0 Å². The van der Waals surface area contributed by atoms with E-state index in [0.717, 1.165) is 0 Å². The Bertz CT molecular complexity index is 2240. The van der Waals surface area contributed by atoms with Crippen LogP contribution >= 0.6 is 8.88 Å². The topological polar surface area (TPSA) is 74.8 Å². The molecular formula is C49H60N5O2P. The molecule has 1 aromatic heterocycles. The van der Waals surface area contributed by atoms with E-state index in [1.54, 1.807) is 31.3 Å². The number of aryl methyl sites for hydroxylation is 1. The highest BCUT2D eigenvalue weighted by Gasteiger charge is 2.41. The molecule has 0 radical (unpaired) electrons. The van der Waals surface area contributed by atoms with Crippen LogP contribution in [0.4, 0.5) is 17.2 Å². The fourth-order valence-electron chi connectivity index (χ4n) is 7.84. The minimum Gasteiger partial charge on any atom is -0.328 e. The Hall–Kier alpha value is -5.23. The van der Waals surface area contributed by atoms with Crippen molar-refractivity contribution in [1.29, 1.82) is 0 Å². The maximum Gasteiger partial charge on any atom is 0.299 e. The summed E-state index contributed by atoms with van der Waals surface area (Å²) >= 11 is 0. The zero-order valence-electron chi connectivity index (χ0n) is 33.9. The lowest BCUT2D eigenvalue weighted by molar-refractivity contribution is -0.114. The zero-order chi connectivity index (χ0) is 40.1. The molecule has 1 amide bonds. The van der Waals surface area contributed by atoms with E-state index in [0.29, 0.717) is 50.0 Å². The summed E-state index contributed by atoms with van der Waals surface area (Å²) in [6.45, 7) is 13.7. The van der Waals surface area contributed by atoms with Crippen LogP contribution < -0.4 is 20.0 Å². The van der Waals surface area contributed by atoms with Crippen molar-refractivity contribution >= 4 is 48.7 Å². The molecule has 8 rings (SSSR count). The standard InChI is InChI=1S/C29H34N3P.C10H15N.C9H7NO2.CH4/c1-20(2)26(22-14-8-6-9-15-22)31-28-24-18-12-13-19-25(24)30(5)29(28)32(33-31)27(21(3)4)23-16-10-7-11-17-23;1-8(2)10(11)9-6-4-3-5-7-9;1-10-7-5-3-2-4-6(7)8(11)9(10)12;/h6-21,26-27,33H,1-5H3;3-8,10H,11H2,1-2H3;2-5H,1H3;1H4/t26-,27-;10-;;/m00../s1. The van der Waals surface area contributed by atoms with Gasteiger partial charge in [0.2, 0.25) is 0 Å². The molecule has 0 fully saturated rings. The van der Waals surface area contributed by atoms with Crippen molar-refractivity contribution in [2.45, 2.75) is 67.1 Å². The van der Waals surface area contributed by atoms with E-state index in [9.17, 15) is 9.59 Å². The number of nitrogens with zero attached hydrogens (tertiary/aromatic N) is 4. The molecular weight excluding hydrogens is 722 g/mol. The monoisotopic (exact) mass is 781 g/mol. The van der Waals surface area contributed by atoms with Gasteiger partial charge in [0.05, 0.1) is 43.4 Å². The third-order valence-electron chi connectivity index (χ3n) is 10.7. The molecule has 3 heterocycles. The van der Waals surface area contributed by atoms with Gasteiger partial charge in [0.25, 0.3) is 11.7 Å². The average Bonchev–Trinajstić information content (AvgIpc) is 3.80. The fraction of sp³-hybridized carbons (Fsp3) is 0.306. The van der Waals surface area contributed by atoms with Crippen LogP contribution in [0, 0.1) is 17.8 Å². The summed E-state index contributed by atoms with van der Waals surface area (Å²) in [6.07, 6.45) is 0. The van der Waals surface area contributed by atoms with Gasteiger partial charge in [0.1, 0.15) is 5.82 Å². The van der Waals surface area contributed by atoms with E-state index in [4.69, 9.17) is 5.73 Å². The first-order valence-electron chi connectivity index (χ1n) is 19.7. The van der Waals surface area contributed by atoms with E-state index < -0.39 is 11.7 Å². The molecule has 0 spiro atoms. The molecule has 0 saturated carbocycles. The van der Waals surface area contributed by atoms with Crippen molar-refractivity contribution < 1.29 is 9.59 Å². The summed E-state index contributed by atoms with van der Waals surface area (Å²) < 4.78 is 7.78. The van der Waals surface area contributed by atoms with E-state index in [1.165, 1.54) is 44.0 Å². The summed E-state index contributed by atoms with van der Waals surface area (Å²) in [6, 6.07) is 49.0. The highest BCUT2D eigenvalue weighted by molar-refractivity contribution is 7.43. The number of ketones is 1. The summed E-state index contributed by atoms with van der Waals surface area (Å²) in [4.78, 5) is 23.7. The third kappa shape index (κ3) is 8.86. The minimum absolute atomic E-state index is 0. The number of amides is 1. The van der Waals surface area contributed by atoms with Crippen molar-refractivity contribution in [3.8, 4) is 0 Å². The van der Waals surface area contributed by atoms with Gasteiger partial charge in [0, 0.05) is 25.5 Å². The van der Waals surface area contributed by atoms with Crippen LogP contribution in [0.15, 0.2) is 140 Å². The molecule has 8 heteroatoms. The Balaban J connectivity index is 0.000000210. The number of hydrogen-bond acceptors (Lipinski definition) is 5. The van der Waals surface area contributed by atoms with Crippen LogP contribution in [0.25, 0.3) is 10.9 Å². The first kappa shape index (κ1) is 42.9. The lowest BCUT2D eigenvalue weighted by Gasteiger charge is -2.37. The maximum absolute atomic E-state index is 11.2. The van der Waals surface area contributed by atoms with Crippen molar-refractivity contribution in [3.05, 3.63) is 162 Å². The highest BCUT2D eigenvalue weighted by Crippen LogP contribution is 2.61. The van der Waals surface area contributed by atoms with Gasteiger partial charge in [-0.25, -0.2) is 0 Å². The molecule has 2 aliphatic rings. The lowest BCUT2D eigenvalue weighted by Crippen LogP contribution is -2.28. The predicted octanol–water partition coefficient (Wildman–Crippen LogP) is 11.9. The summed E-state index contributed by atoms with van der Waals surface area (Å²) in [7, 11) is 4.39. The number of benzene rings is 5. The predicted molar refractivity (Wildman–Crippen MR) is 243 cm³/mol. The van der Waals surface area contributed by atoms with Crippen molar-refractivity contribution in [3.63, 3.8) is 0 Å². The second kappa shape index (κ2) is 18.8. The molecule has 298 valence electrons. The van der Waals surface area contributed by atoms with Gasteiger partial charge in [-0.15, -0.1) is 0 Å². The maximum atomic E-state index is 11.2. The van der Waals surface area contributed by atoms with Crippen molar-refractivity contribution in [2.24, 2.45) is 30.5 Å². The minimum atomic E-state index is -0.448. The number of Topliss-reactive ketones (excluding diaryl/α,β-unsaturated/α-hetero) is 1. The fourth-order valence-corrected chi connectivity index (χ4v) is 9.89. The van der Waals surface area contributed by atoms with Gasteiger partial charge in [-0.1, -0.05) is 170 Å². The quantitative estimate of drug-likeness (QED) is 0.123. The molecule has 2 aliphatic heterocycles. The SMILES string of the molecule is C.CC(C)[C@@H](c1ccccc1)N1PN([C@H](c2ccccc2)C(C)C)c2c1c1ccccc1n2C.CC(C)[C@H](N)c1ccccc1.CN1C(=O)C(=O)c2ccccc21. The van der Waals surface area contributed by atoms with Crippen LogP contribution in [-0.4, -0.2) is 23.3 Å². The number of carbonyl (C=O) groups excluding carboxylic acids is 2. The van der Waals surface area contributed by atoms with E-state index in [2.05, 4.69) is 160 Å². The van der Waals surface area contributed by atoms with Gasteiger partial charge in [-0.05, 0) is 52.6 Å². The number of rotatable bonds is 8. The van der Waals surface area contributed by atoms with Gasteiger partial charge in [-0.2, -0.15) is 0 Å². The van der Waals surface area contributed by atoms with E-state index >= 15 is 0 Å². The number of hydrogen-bond donors (Lipinski definition) is 1. The first-order chi connectivity index (χ1) is 26.9. The number of nitrogens with two attached hydrogens (primary N) is 1. The Kier molecular flexibility index (Phi) is 14.2. The van der Waals surface area contributed by atoms with Gasteiger partial charge < -0.3 is 24.5 Å². The summed E-state index contributed by atoms with van der Waals surface area (Å²) in [5.74, 6) is 1.97. The van der Waals surface area contributed by atoms with Crippen LogP contribution in [0.5, 0.6) is 0 Å². The smallest absolute Gasteiger partial charge is 0.299 e. The Morgan fingerprint density at radius 1 is 0.544 bits per heavy atom. The summed E-state index contributed by atoms with van der Waals surface area (Å²) in [5.41, 5.74) is 13.8. The van der Waals surface area contributed by atoms with Gasteiger partial charge in [-0.3, -0.25) is 9.59 Å². The first-order valence-corrected chi connectivity index (χ1v) is 20.6. The van der Waals surface area contributed by atoms with Crippen molar-refractivity contribution in [1.82, 2.24) is 4.57 Å². The van der Waals surface area contributed by atoms with Gasteiger partial charge >= 0.3 is 0 Å². The van der Waals surface area contributed by atoms with Crippen molar-refractivity contribution in [2.75, 3.05) is 21.3 Å². The lowest BCUT2D eigenvalue weighted by atomic mass is 9.95.